The molecular weight excluding hydrogens is 448 g/mol. The van der Waals surface area contributed by atoms with Gasteiger partial charge in [-0.25, -0.2) is 4.79 Å². The second kappa shape index (κ2) is 11.1. The lowest BCUT2D eigenvalue weighted by atomic mass is 9.79. The van der Waals surface area contributed by atoms with Crippen LogP contribution in [0.1, 0.15) is 83.3 Å². The van der Waals surface area contributed by atoms with Gasteiger partial charge >= 0.3 is 6.03 Å². The van der Waals surface area contributed by atoms with Crippen molar-refractivity contribution in [3.05, 3.63) is 71.8 Å². The molecule has 2 aromatic carbocycles. The number of hydrogen-bond donors (Lipinski definition) is 0. The standard InChI is InChI=1S/C30H42N2O2Si/c1-4-22-35(23-5-2,24-6-3)32-28(33)30(25-16-10-7-11-17-25,26-18-12-8-13-19-26)31(29(32)34)27-20-14-9-15-21-27/h7-8,10-13,16-19,27H,4-6,9,14-15,20-24H2,1-3H3. The van der Waals surface area contributed by atoms with Gasteiger partial charge in [0.05, 0.1) is 0 Å². The first-order valence-corrected chi connectivity index (χ1v) is 16.4. The minimum absolute atomic E-state index is 0.00694. The highest BCUT2D eigenvalue weighted by atomic mass is 28.3. The number of nitrogens with zero attached hydrogens (tertiary/aromatic N) is 2. The molecule has 0 N–H and O–H groups in total. The first-order chi connectivity index (χ1) is 17.1. The van der Waals surface area contributed by atoms with Crippen molar-refractivity contribution in [3.63, 3.8) is 0 Å². The minimum atomic E-state index is -2.36. The SMILES string of the molecule is CCC[Si](CCC)(CCC)N1C(=O)N(C2CCCCC2)C(c2ccccc2)(c2ccccc2)C1=O. The highest BCUT2D eigenvalue weighted by molar-refractivity contribution is 6.81. The molecule has 0 spiro atoms. The lowest BCUT2D eigenvalue weighted by molar-refractivity contribution is -0.130. The van der Waals surface area contributed by atoms with E-state index < -0.39 is 13.8 Å². The minimum Gasteiger partial charge on any atom is -0.299 e. The van der Waals surface area contributed by atoms with E-state index in [9.17, 15) is 4.79 Å². The van der Waals surface area contributed by atoms with Gasteiger partial charge < -0.3 is 0 Å². The van der Waals surface area contributed by atoms with Crippen LogP contribution in [0.5, 0.6) is 0 Å². The van der Waals surface area contributed by atoms with E-state index in [0.717, 1.165) is 74.2 Å². The summed E-state index contributed by atoms with van der Waals surface area (Å²) in [5.41, 5.74) is 0.754. The molecule has 0 radical (unpaired) electrons. The van der Waals surface area contributed by atoms with E-state index in [1.807, 2.05) is 41.0 Å². The van der Waals surface area contributed by atoms with E-state index >= 15 is 4.79 Å². The van der Waals surface area contributed by atoms with E-state index in [1.54, 1.807) is 0 Å². The first kappa shape index (κ1) is 25.7. The zero-order valence-electron chi connectivity index (χ0n) is 21.8. The number of urea groups is 1. The summed E-state index contributed by atoms with van der Waals surface area (Å²) in [5, 5.41) is 0. The number of rotatable bonds is 10. The maximum absolute atomic E-state index is 15.1. The van der Waals surface area contributed by atoms with Gasteiger partial charge in [0.25, 0.3) is 5.91 Å². The van der Waals surface area contributed by atoms with Gasteiger partial charge in [-0.2, -0.15) is 0 Å². The van der Waals surface area contributed by atoms with Gasteiger partial charge in [-0.05, 0) is 42.1 Å². The normalized spacial score (nSPS) is 18.9. The number of benzene rings is 2. The van der Waals surface area contributed by atoms with Crippen molar-refractivity contribution in [1.29, 1.82) is 0 Å². The largest absolute Gasteiger partial charge is 0.320 e. The van der Waals surface area contributed by atoms with E-state index in [2.05, 4.69) is 49.9 Å². The van der Waals surface area contributed by atoms with Crippen molar-refractivity contribution in [2.75, 3.05) is 0 Å². The van der Waals surface area contributed by atoms with Crippen molar-refractivity contribution in [2.24, 2.45) is 0 Å². The predicted molar refractivity (Wildman–Crippen MR) is 146 cm³/mol. The Morgan fingerprint density at radius 2 is 1.20 bits per heavy atom. The molecule has 1 aliphatic heterocycles. The highest BCUT2D eigenvalue weighted by Crippen LogP contribution is 2.49. The molecule has 1 aliphatic carbocycles. The van der Waals surface area contributed by atoms with Crippen molar-refractivity contribution in [1.82, 2.24) is 9.47 Å². The maximum Gasteiger partial charge on any atom is 0.320 e. The number of imide groups is 1. The fraction of sp³-hybridized carbons (Fsp3) is 0.533. The van der Waals surface area contributed by atoms with E-state index in [4.69, 9.17) is 0 Å². The van der Waals surface area contributed by atoms with Crippen LogP contribution in [0.3, 0.4) is 0 Å². The van der Waals surface area contributed by atoms with Crippen LogP contribution in [-0.2, 0) is 10.3 Å². The predicted octanol–water partition coefficient (Wildman–Crippen LogP) is 7.70. The molecule has 0 bridgehead atoms. The van der Waals surface area contributed by atoms with Gasteiger partial charge in [0.2, 0.25) is 0 Å². The zero-order chi connectivity index (χ0) is 24.9. The molecule has 1 heterocycles. The van der Waals surface area contributed by atoms with E-state index in [0.29, 0.717) is 0 Å². The third-order valence-corrected chi connectivity index (χ3v) is 13.8. The molecule has 188 valence electrons. The lowest BCUT2D eigenvalue weighted by Crippen LogP contribution is -2.57. The first-order valence-electron chi connectivity index (χ1n) is 13.9. The summed E-state index contributed by atoms with van der Waals surface area (Å²) < 4.78 is 1.89. The number of hydrogen-bond acceptors (Lipinski definition) is 2. The number of amides is 3. The summed E-state index contributed by atoms with van der Waals surface area (Å²) in [5.74, 6) is 0.00694. The molecule has 1 saturated heterocycles. The second-order valence-corrected chi connectivity index (χ2v) is 14.9. The Labute approximate surface area is 212 Å². The molecule has 0 aromatic heterocycles. The van der Waals surface area contributed by atoms with Gasteiger partial charge in [0.1, 0.15) is 0 Å². The molecule has 2 fully saturated rings. The molecule has 1 saturated carbocycles. The highest BCUT2D eigenvalue weighted by Gasteiger charge is 2.65. The average Bonchev–Trinajstić information content (AvgIpc) is 3.13. The van der Waals surface area contributed by atoms with Gasteiger partial charge in [-0.3, -0.25) is 14.3 Å². The van der Waals surface area contributed by atoms with Crippen LogP contribution >= 0.6 is 0 Å². The lowest BCUT2D eigenvalue weighted by Gasteiger charge is -2.42. The van der Waals surface area contributed by atoms with Crippen LogP contribution in [0.2, 0.25) is 18.1 Å². The van der Waals surface area contributed by atoms with Crippen LogP contribution < -0.4 is 0 Å². The molecule has 35 heavy (non-hydrogen) atoms. The molecule has 0 atom stereocenters. The van der Waals surface area contributed by atoms with Gasteiger partial charge in [0, 0.05) is 6.04 Å². The molecule has 4 rings (SSSR count). The van der Waals surface area contributed by atoms with E-state index in [-0.39, 0.29) is 18.0 Å². The molecular formula is C30H42N2O2Si. The van der Waals surface area contributed by atoms with Crippen molar-refractivity contribution in [3.8, 4) is 0 Å². The van der Waals surface area contributed by atoms with Gasteiger partial charge in [-0.1, -0.05) is 120 Å². The smallest absolute Gasteiger partial charge is 0.299 e. The van der Waals surface area contributed by atoms with Crippen LogP contribution in [0.25, 0.3) is 0 Å². The van der Waals surface area contributed by atoms with Crippen LogP contribution in [-0.4, -0.2) is 35.7 Å². The molecule has 5 heteroatoms. The Balaban J connectivity index is 2.00. The quantitative estimate of drug-likeness (QED) is 0.253. The van der Waals surface area contributed by atoms with Crippen molar-refractivity contribution < 1.29 is 9.59 Å². The Morgan fingerprint density at radius 1 is 0.743 bits per heavy atom. The fourth-order valence-corrected chi connectivity index (χ4v) is 12.3. The Hall–Kier alpha value is -2.40. The third-order valence-electron chi connectivity index (χ3n) is 8.21. The average molecular weight is 491 g/mol. The Kier molecular flexibility index (Phi) is 8.15. The Bertz CT molecular complexity index is 931. The van der Waals surface area contributed by atoms with Crippen LogP contribution in [0.15, 0.2) is 60.7 Å². The van der Waals surface area contributed by atoms with Crippen LogP contribution in [0, 0.1) is 0 Å². The summed E-state index contributed by atoms with van der Waals surface area (Å²) in [6, 6.07) is 23.3. The maximum atomic E-state index is 15.1. The van der Waals surface area contributed by atoms with Crippen molar-refractivity contribution in [2.45, 2.75) is 102 Å². The third kappa shape index (κ3) is 4.37. The molecule has 2 aliphatic rings. The summed E-state index contributed by atoms with van der Waals surface area (Å²) in [7, 11) is -2.36. The molecule has 3 amide bonds. The fourth-order valence-electron chi connectivity index (χ4n) is 6.95. The molecule has 0 unspecified atom stereocenters. The summed E-state index contributed by atoms with van der Waals surface area (Å²) in [6.45, 7) is 6.62. The molecule has 2 aromatic rings. The van der Waals surface area contributed by atoms with Crippen molar-refractivity contribution >= 4 is 20.2 Å². The summed E-state index contributed by atoms with van der Waals surface area (Å²) >= 11 is 0. The second-order valence-electron chi connectivity index (χ2n) is 10.5. The zero-order valence-corrected chi connectivity index (χ0v) is 22.8. The summed E-state index contributed by atoms with van der Waals surface area (Å²) in [6.07, 6.45) is 8.41. The Morgan fingerprint density at radius 3 is 1.63 bits per heavy atom. The van der Waals surface area contributed by atoms with Crippen LogP contribution in [0.4, 0.5) is 4.79 Å². The molecule has 4 nitrogen and oxygen atoms in total. The van der Waals surface area contributed by atoms with Gasteiger partial charge in [-0.15, -0.1) is 0 Å². The summed E-state index contributed by atoms with van der Waals surface area (Å²) in [4.78, 5) is 31.8. The van der Waals surface area contributed by atoms with Gasteiger partial charge in [0.15, 0.2) is 13.8 Å². The topological polar surface area (TPSA) is 40.6 Å². The number of carbonyl (C=O) groups is 2. The van der Waals surface area contributed by atoms with E-state index in [1.165, 1.54) is 6.42 Å². The number of carbonyl (C=O) groups excluding carboxylic acids is 2. The monoisotopic (exact) mass is 490 g/mol.